The van der Waals surface area contributed by atoms with Gasteiger partial charge in [0.05, 0.1) is 54.2 Å². The van der Waals surface area contributed by atoms with Gasteiger partial charge in [-0.15, -0.1) is 0 Å². The first-order valence-corrected chi connectivity index (χ1v) is 24.6. The van der Waals surface area contributed by atoms with Gasteiger partial charge in [-0.2, -0.15) is 0 Å². The van der Waals surface area contributed by atoms with Crippen LogP contribution in [0.4, 0.5) is 0 Å². The van der Waals surface area contributed by atoms with Crippen LogP contribution in [0.25, 0.3) is 0 Å². The summed E-state index contributed by atoms with van der Waals surface area (Å²) in [5.41, 5.74) is -4.42. The average Bonchev–Trinajstić information content (AvgIpc) is 3.24. The highest BCUT2D eigenvalue weighted by Gasteiger charge is 2.56. The number of aliphatic hydroxyl groups is 4. The normalized spacial score (nSPS) is 44.5. The summed E-state index contributed by atoms with van der Waals surface area (Å²) in [6, 6.07) is -0.825. The molecule has 0 amide bonds. The highest BCUT2D eigenvalue weighted by atomic mass is 16.7. The van der Waals surface area contributed by atoms with Gasteiger partial charge in [-0.3, -0.25) is 19.2 Å². The number of rotatable bonds is 12. The first-order chi connectivity index (χ1) is 31.4. The summed E-state index contributed by atoms with van der Waals surface area (Å²) >= 11 is 0. The topological polar surface area (TPSA) is 239 Å². The third kappa shape index (κ3) is 13.2. The molecule has 0 aromatic rings. The Morgan fingerprint density at radius 2 is 1.34 bits per heavy atom. The maximum Gasteiger partial charge on any atom is 0.311 e. The number of hydrogen-bond acceptors (Lipinski definition) is 19. The van der Waals surface area contributed by atoms with E-state index in [1.807, 2.05) is 44.9 Å². The van der Waals surface area contributed by atoms with Gasteiger partial charge in [0.15, 0.2) is 36.4 Å². The van der Waals surface area contributed by atoms with Crippen molar-refractivity contribution in [3.05, 3.63) is 0 Å². The molecule has 4 heterocycles. The van der Waals surface area contributed by atoms with Gasteiger partial charge in [0.2, 0.25) is 0 Å². The monoisotopic (exact) mass is 975 g/mol. The molecule has 68 heavy (non-hydrogen) atoms. The van der Waals surface area contributed by atoms with Crippen LogP contribution in [-0.2, 0) is 61.8 Å². The van der Waals surface area contributed by atoms with E-state index >= 15 is 0 Å². The Morgan fingerprint density at radius 1 is 0.750 bits per heavy atom. The fourth-order valence-corrected chi connectivity index (χ4v) is 11.0. The lowest BCUT2D eigenvalue weighted by Gasteiger charge is -2.51. The Hall–Kier alpha value is -2.40. The minimum absolute atomic E-state index is 0.0607. The van der Waals surface area contributed by atoms with Gasteiger partial charge in [-0.25, -0.2) is 0 Å². The van der Waals surface area contributed by atoms with Crippen molar-refractivity contribution in [2.45, 2.75) is 238 Å². The van der Waals surface area contributed by atoms with Gasteiger partial charge in [-0.05, 0) is 89.0 Å². The van der Waals surface area contributed by atoms with E-state index in [1.54, 1.807) is 76.2 Å². The Morgan fingerprint density at radius 3 is 1.90 bits per heavy atom. The molecule has 4 fully saturated rings. The molecule has 4 rings (SSSR count). The Balaban J connectivity index is 1.99. The zero-order chi connectivity index (χ0) is 51.5. The molecular weight excluding hydrogens is 889 g/mol. The Kier molecular flexibility index (Phi) is 20.0. The van der Waals surface area contributed by atoms with Crippen LogP contribution >= 0.6 is 0 Å². The predicted octanol–water partition coefficient (Wildman–Crippen LogP) is 3.11. The zero-order valence-electron chi connectivity index (χ0n) is 43.7. The number of ether oxygens (including phenoxy) is 9. The van der Waals surface area contributed by atoms with Crippen molar-refractivity contribution in [1.29, 1.82) is 0 Å². The summed E-state index contributed by atoms with van der Waals surface area (Å²) in [7, 11) is 7.35. The van der Waals surface area contributed by atoms with Crippen molar-refractivity contribution in [1.82, 2.24) is 9.80 Å². The molecule has 0 aromatic heterocycles. The molecule has 21 atom stereocenters. The number of ketones is 1. The van der Waals surface area contributed by atoms with Crippen molar-refractivity contribution in [2.24, 2.45) is 23.2 Å². The van der Waals surface area contributed by atoms with Crippen molar-refractivity contribution < 1.29 is 82.2 Å². The van der Waals surface area contributed by atoms with Crippen LogP contribution in [-0.4, -0.2) is 191 Å². The van der Waals surface area contributed by atoms with Crippen molar-refractivity contribution in [3.63, 3.8) is 0 Å². The van der Waals surface area contributed by atoms with Gasteiger partial charge in [-0.1, -0.05) is 41.5 Å². The largest absolute Gasteiger partial charge is 0.461 e. The molecule has 0 radical (unpaired) electrons. The Labute approximate surface area is 404 Å². The highest BCUT2D eigenvalue weighted by Crippen LogP contribution is 2.44. The molecular formula is C49H86N2O17. The molecule has 0 saturated carbocycles. The van der Waals surface area contributed by atoms with E-state index in [1.165, 1.54) is 6.92 Å². The number of esters is 3. The van der Waals surface area contributed by atoms with Crippen molar-refractivity contribution >= 4 is 23.7 Å². The third-order valence-corrected chi connectivity index (χ3v) is 15.0. The molecule has 0 unspecified atom stereocenters. The highest BCUT2D eigenvalue weighted by molar-refractivity contribution is 5.85. The first kappa shape index (κ1) is 58.2. The van der Waals surface area contributed by atoms with Crippen LogP contribution in [0.2, 0.25) is 0 Å². The zero-order valence-corrected chi connectivity index (χ0v) is 43.7. The smallest absolute Gasteiger partial charge is 0.311 e. The van der Waals surface area contributed by atoms with E-state index in [-0.39, 0.29) is 38.2 Å². The SMILES string of the molecule is CCC(=O)O[C@H]1[C@@H](C)O[C@H](O[C@H]2[C@@H](C)[C@H](O[C@H]3O[C@H](C)C[C@H](N(C)C)[C@@H]3O)[C@](C)(O[C@@H]3C[C@@H](N(C)C)[C@H](O)[C@@H](C)O3)C[C@H](C)C(=O)[C@@H](O)[C@@H](O)C(C)(C)[C@@H](CC)OC(=O)[C@@H]2C)C[C@]1(C)OC(C)=O. The fraction of sp³-hybridized carbons (Fsp3) is 0.918. The molecule has 19 heteroatoms. The molecule has 4 aliphatic heterocycles. The minimum atomic E-state index is -1.90. The Bertz CT molecular complexity index is 1700. The number of cyclic esters (lactones) is 1. The van der Waals surface area contributed by atoms with E-state index in [9.17, 15) is 39.6 Å². The molecule has 19 nitrogen and oxygen atoms in total. The predicted molar refractivity (Wildman–Crippen MR) is 246 cm³/mol. The lowest BCUT2D eigenvalue weighted by atomic mass is 9.73. The van der Waals surface area contributed by atoms with E-state index in [4.69, 9.17) is 42.6 Å². The van der Waals surface area contributed by atoms with Gasteiger partial charge in [0.1, 0.15) is 18.3 Å². The summed E-state index contributed by atoms with van der Waals surface area (Å²) in [5, 5.41) is 46.7. The number of carbonyl (C=O) groups is 4. The van der Waals surface area contributed by atoms with Gasteiger partial charge < -0.3 is 72.9 Å². The van der Waals surface area contributed by atoms with E-state index in [0.717, 1.165) is 0 Å². The second-order valence-corrected chi connectivity index (χ2v) is 21.5. The third-order valence-electron chi connectivity index (χ3n) is 15.0. The standard InChI is InChI=1S/C49H86N2O17/c1-18-33-47(10,11)42(58)40(57)37(54)24(3)22-48(12,68-35-21-32(51(16)17)38(55)28(7)61-35)43(66-46-39(56)31(50(14)15)20-25(4)60-46)26(5)41(27(6)45(59)63-33)65-36-23-49(13,67-30(9)52)44(29(8)62-36)64-34(53)19-2/h24-29,31-33,35-36,38-44,46,55-58H,18-23H2,1-17H3/t24-,25+,26+,27+,28+,29+,31-,32+,33+,35+,36+,38+,39-,40+,41-,42+,43-,44-,46+,48+,49-/m0/s1. The van der Waals surface area contributed by atoms with Gasteiger partial charge in [0.25, 0.3) is 0 Å². The van der Waals surface area contributed by atoms with Crippen LogP contribution < -0.4 is 0 Å². The quantitative estimate of drug-likeness (QED) is 0.162. The number of carbonyl (C=O) groups excluding carboxylic acids is 4. The number of Topliss-reactive ketones (excluding diaryl/α,β-unsaturated/α-hetero) is 1. The molecule has 4 N–H and O–H groups in total. The summed E-state index contributed by atoms with van der Waals surface area (Å²) < 4.78 is 58.3. The molecule has 4 saturated heterocycles. The van der Waals surface area contributed by atoms with E-state index in [2.05, 4.69) is 0 Å². The maximum absolute atomic E-state index is 14.8. The van der Waals surface area contributed by atoms with Crippen molar-refractivity contribution in [2.75, 3.05) is 28.2 Å². The molecule has 394 valence electrons. The molecule has 0 bridgehead atoms. The number of nitrogens with zero attached hydrogens (tertiary/aromatic N) is 2. The van der Waals surface area contributed by atoms with Crippen LogP contribution in [0, 0.1) is 23.2 Å². The van der Waals surface area contributed by atoms with Crippen molar-refractivity contribution in [3.8, 4) is 0 Å². The second kappa shape index (κ2) is 23.4. The van der Waals surface area contributed by atoms with Crippen LogP contribution in [0.15, 0.2) is 0 Å². The summed E-state index contributed by atoms with van der Waals surface area (Å²) in [5.74, 6) is -5.72. The minimum Gasteiger partial charge on any atom is -0.461 e. The molecule has 0 spiro atoms. The molecule has 0 aromatic carbocycles. The number of likely N-dealkylation sites (N-methyl/N-ethyl adjacent to an activating group) is 2. The van der Waals surface area contributed by atoms with Crippen LogP contribution in [0.5, 0.6) is 0 Å². The molecule has 4 aliphatic rings. The summed E-state index contributed by atoms with van der Waals surface area (Å²) in [6.07, 6.45) is -14.9. The molecule has 0 aliphatic carbocycles. The van der Waals surface area contributed by atoms with E-state index in [0.29, 0.717) is 6.42 Å². The average molecular weight is 975 g/mol. The number of aliphatic hydroxyl groups excluding tert-OH is 4. The number of hydrogen-bond donors (Lipinski definition) is 4. The van der Waals surface area contributed by atoms with E-state index < -0.39 is 150 Å². The summed E-state index contributed by atoms with van der Waals surface area (Å²) in [4.78, 5) is 58.3. The second-order valence-electron chi connectivity index (χ2n) is 21.5. The van der Waals surface area contributed by atoms with Crippen LogP contribution in [0.3, 0.4) is 0 Å². The van der Waals surface area contributed by atoms with Gasteiger partial charge >= 0.3 is 17.9 Å². The lowest BCUT2D eigenvalue weighted by molar-refractivity contribution is -0.340. The fourth-order valence-electron chi connectivity index (χ4n) is 11.0. The van der Waals surface area contributed by atoms with Gasteiger partial charge in [0, 0.05) is 55.5 Å². The lowest BCUT2D eigenvalue weighted by Crippen LogP contribution is -2.63. The first-order valence-electron chi connectivity index (χ1n) is 24.6. The summed E-state index contributed by atoms with van der Waals surface area (Å²) in [6.45, 7) is 21.5. The van der Waals surface area contributed by atoms with Crippen LogP contribution in [0.1, 0.15) is 129 Å². The maximum atomic E-state index is 14.8.